The molecule has 1 aromatic heterocycles. The third kappa shape index (κ3) is 4.70. The van der Waals surface area contributed by atoms with E-state index in [9.17, 15) is 5.11 Å². The normalized spacial score (nSPS) is 13.0. The van der Waals surface area contributed by atoms with Crippen molar-refractivity contribution in [2.45, 2.75) is 19.6 Å². The number of ether oxygens (including phenoxy) is 1. The van der Waals surface area contributed by atoms with Crippen LogP contribution in [0.1, 0.15) is 12.5 Å². The quantitative estimate of drug-likeness (QED) is 0.748. The van der Waals surface area contributed by atoms with Crippen molar-refractivity contribution in [3.8, 4) is 0 Å². The zero-order valence-corrected chi connectivity index (χ0v) is 9.97. The van der Waals surface area contributed by atoms with E-state index in [-0.39, 0.29) is 0 Å². The smallest absolute Gasteiger partial charge is 0.0900 e. The molecule has 0 aliphatic carbocycles. The lowest BCUT2D eigenvalue weighted by Crippen LogP contribution is -2.34. The van der Waals surface area contributed by atoms with Gasteiger partial charge < -0.3 is 9.84 Å². The van der Waals surface area contributed by atoms with Crippen molar-refractivity contribution in [1.82, 2.24) is 9.88 Å². The molecule has 0 saturated carbocycles. The molecular weight excluding hydrogens is 204 g/mol. The van der Waals surface area contributed by atoms with E-state index < -0.39 is 6.10 Å². The zero-order valence-electron chi connectivity index (χ0n) is 9.97. The summed E-state index contributed by atoms with van der Waals surface area (Å²) in [5, 5.41) is 9.65. The predicted octanol–water partition coefficient (Wildman–Crippen LogP) is 0.911. The van der Waals surface area contributed by atoms with Crippen LogP contribution in [-0.4, -0.2) is 47.9 Å². The Morgan fingerprint density at radius 1 is 1.44 bits per heavy atom. The van der Waals surface area contributed by atoms with Gasteiger partial charge in [0.25, 0.3) is 0 Å². The Balaban J connectivity index is 2.43. The Labute approximate surface area is 96.9 Å². The van der Waals surface area contributed by atoms with Gasteiger partial charge >= 0.3 is 0 Å². The van der Waals surface area contributed by atoms with Gasteiger partial charge in [-0.05, 0) is 24.2 Å². The minimum Gasteiger partial charge on any atom is -0.389 e. The minimum absolute atomic E-state index is 0.382. The van der Waals surface area contributed by atoms with E-state index in [4.69, 9.17) is 4.74 Å². The van der Waals surface area contributed by atoms with Crippen molar-refractivity contribution < 1.29 is 9.84 Å². The Kier molecular flexibility index (Phi) is 6.00. The third-order valence-electron chi connectivity index (χ3n) is 2.43. The van der Waals surface area contributed by atoms with E-state index in [0.29, 0.717) is 13.2 Å². The van der Waals surface area contributed by atoms with Gasteiger partial charge in [-0.1, -0.05) is 6.92 Å². The lowest BCUT2D eigenvalue weighted by Gasteiger charge is -2.23. The van der Waals surface area contributed by atoms with E-state index in [1.54, 1.807) is 19.5 Å². The summed E-state index contributed by atoms with van der Waals surface area (Å²) in [4.78, 5) is 6.16. The number of hydrogen-bond donors (Lipinski definition) is 1. The molecule has 1 atom stereocenters. The molecule has 1 N–H and O–H groups in total. The number of likely N-dealkylation sites (N-methyl/N-ethyl adjacent to an activating group) is 1. The van der Waals surface area contributed by atoms with Crippen LogP contribution in [-0.2, 0) is 11.3 Å². The van der Waals surface area contributed by atoms with Gasteiger partial charge in [0, 0.05) is 32.6 Å². The van der Waals surface area contributed by atoms with Crippen molar-refractivity contribution in [3.05, 3.63) is 30.1 Å². The molecule has 1 rings (SSSR count). The molecule has 0 radical (unpaired) electrons. The summed E-state index contributed by atoms with van der Waals surface area (Å²) < 4.78 is 4.91. The fraction of sp³-hybridized carbons (Fsp3) is 0.583. The van der Waals surface area contributed by atoms with Crippen LogP contribution in [0.25, 0.3) is 0 Å². The average molecular weight is 224 g/mol. The van der Waals surface area contributed by atoms with E-state index in [2.05, 4.69) is 16.8 Å². The maximum atomic E-state index is 9.65. The molecule has 1 aromatic rings. The highest BCUT2D eigenvalue weighted by molar-refractivity contribution is 5.09. The largest absolute Gasteiger partial charge is 0.389 e. The molecule has 16 heavy (non-hydrogen) atoms. The molecule has 0 aliphatic heterocycles. The van der Waals surface area contributed by atoms with Crippen molar-refractivity contribution >= 4 is 0 Å². The summed E-state index contributed by atoms with van der Waals surface area (Å²) in [7, 11) is 1.60. The lowest BCUT2D eigenvalue weighted by molar-refractivity contribution is 0.0371. The standard InChI is InChI=1S/C12H20N2O2/c1-3-14(9-12(15)10-16-2)8-11-4-6-13-7-5-11/h4-7,12,15H,3,8-10H2,1-2H3. The van der Waals surface area contributed by atoms with E-state index >= 15 is 0 Å². The van der Waals surface area contributed by atoms with Gasteiger partial charge in [-0.2, -0.15) is 0 Å². The molecule has 0 aromatic carbocycles. The number of hydrogen-bond acceptors (Lipinski definition) is 4. The summed E-state index contributed by atoms with van der Waals surface area (Å²) in [5.74, 6) is 0. The van der Waals surface area contributed by atoms with Gasteiger partial charge in [-0.15, -0.1) is 0 Å². The lowest BCUT2D eigenvalue weighted by atomic mass is 10.2. The molecule has 1 unspecified atom stereocenters. The molecule has 4 heteroatoms. The molecule has 0 aliphatic rings. The molecule has 90 valence electrons. The van der Waals surface area contributed by atoms with E-state index in [1.807, 2.05) is 12.1 Å². The highest BCUT2D eigenvalue weighted by atomic mass is 16.5. The number of pyridine rings is 1. The molecule has 1 heterocycles. The van der Waals surface area contributed by atoms with Gasteiger partial charge in [0.05, 0.1) is 12.7 Å². The Hall–Kier alpha value is -0.970. The van der Waals surface area contributed by atoms with Crippen molar-refractivity contribution in [3.63, 3.8) is 0 Å². The molecule has 0 bridgehead atoms. The van der Waals surface area contributed by atoms with Crippen LogP contribution in [0.5, 0.6) is 0 Å². The number of aromatic nitrogens is 1. The minimum atomic E-state index is -0.424. The van der Waals surface area contributed by atoms with Crippen LogP contribution in [0.15, 0.2) is 24.5 Å². The number of nitrogens with zero attached hydrogens (tertiary/aromatic N) is 2. The molecule has 0 amide bonds. The van der Waals surface area contributed by atoms with Gasteiger partial charge in [-0.25, -0.2) is 0 Å². The molecular formula is C12H20N2O2. The number of methoxy groups -OCH3 is 1. The van der Waals surface area contributed by atoms with Crippen molar-refractivity contribution in [2.24, 2.45) is 0 Å². The second-order valence-corrected chi connectivity index (χ2v) is 3.79. The van der Waals surface area contributed by atoms with Crippen LogP contribution in [0.4, 0.5) is 0 Å². The van der Waals surface area contributed by atoms with Crippen LogP contribution < -0.4 is 0 Å². The van der Waals surface area contributed by atoms with E-state index in [1.165, 1.54) is 5.56 Å². The number of aliphatic hydroxyl groups excluding tert-OH is 1. The van der Waals surface area contributed by atoms with Gasteiger partial charge in [-0.3, -0.25) is 9.88 Å². The first-order valence-corrected chi connectivity index (χ1v) is 5.54. The summed E-state index contributed by atoms with van der Waals surface area (Å²) in [6, 6.07) is 3.98. The number of aliphatic hydroxyl groups is 1. The van der Waals surface area contributed by atoms with Crippen molar-refractivity contribution in [1.29, 1.82) is 0 Å². The van der Waals surface area contributed by atoms with Gasteiger partial charge in [0.1, 0.15) is 0 Å². The first-order valence-electron chi connectivity index (χ1n) is 5.54. The SMILES string of the molecule is CCN(Cc1ccncc1)CC(O)COC. The zero-order chi connectivity index (χ0) is 11.8. The van der Waals surface area contributed by atoms with E-state index in [0.717, 1.165) is 13.1 Å². The second kappa shape index (κ2) is 7.33. The maximum Gasteiger partial charge on any atom is 0.0900 e. The summed E-state index contributed by atoms with van der Waals surface area (Å²) in [5.41, 5.74) is 1.21. The van der Waals surface area contributed by atoms with Crippen molar-refractivity contribution in [2.75, 3.05) is 26.8 Å². The molecule has 0 saturated heterocycles. The molecule has 4 nitrogen and oxygen atoms in total. The first kappa shape index (κ1) is 13.1. The maximum absolute atomic E-state index is 9.65. The Bertz CT molecular complexity index is 280. The fourth-order valence-electron chi connectivity index (χ4n) is 1.59. The van der Waals surface area contributed by atoms with Crippen LogP contribution in [0, 0.1) is 0 Å². The van der Waals surface area contributed by atoms with Crippen LogP contribution in [0.3, 0.4) is 0 Å². The predicted molar refractivity (Wildman–Crippen MR) is 63.1 cm³/mol. The highest BCUT2D eigenvalue weighted by Gasteiger charge is 2.10. The summed E-state index contributed by atoms with van der Waals surface area (Å²) in [6.07, 6.45) is 3.15. The Morgan fingerprint density at radius 2 is 2.12 bits per heavy atom. The Morgan fingerprint density at radius 3 is 2.69 bits per heavy atom. The third-order valence-corrected chi connectivity index (χ3v) is 2.43. The fourth-order valence-corrected chi connectivity index (χ4v) is 1.59. The summed E-state index contributed by atoms with van der Waals surface area (Å²) >= 11 is 0. The average Bonchev–Trinajstić information content (AvgIpc) is 2.30. The highest BCUT2D eigenvalue weighted by Crippen LogP contribution is 2.03. The molecule has 0 fully saturated rings. The van der Waals surface area contributed by atoms with Gasteiger partial charge in [0.15, 0.2) is 0 Å². The molecule has 0 spiro atoms. The summed E-state index contributed by atoms with van der Waals surface area (Å²) in [6.45, 7) is 4.84. The topological polar surface area (TPSA) is 45.6 Å². The first-order chi connectivity index (χ1) is 7.76. The van der Waals surface area contributed by atoms with Gasteiger partial charge in [0.2, 0.25) is 0 Å². The second-order valence-electron chi connectivity index (χ2n) is 3.79. The monoisotopic (exact) mass is 224 g/mol. The van der Waals surface area contributed by atoms with Crippen LogP contribution >= 0.6 is 0 Å². The van der Waals surface area contributed by atoms with Crippen LogP contribution in [0.2, 0.25) is 0 Å². The number of rotatable bonds is 7.